The Morgan fingerprint density at radius 1 is 0.984 bits per heavy atom. The molecular formula is C49H48N6O7S. The first-order chi connectivity index (χ1) is 30.2. The van der Waals surface area contributed by atoms with E-state index in [2.05, 4.69) is 44.3 Å². The van der Waals surface area contributed by atoms with E-state index in [1.54, 1.807) is 61.5 Å². The summed E-state index contributed by atoms with van der Waals surface area (Å²) in [5.74, 6) is 5.56. The lowest BCUT2D eigenvalue weighted by atomic mass is 10.1. The number of carbonyl (C=O) groups excluding carboxylic acids is 2. The Morgan fingerprint density at radius 2 is 1.75 bits per heavy atom. The standard InChI is InChI=1S/C49H48N6O7S/c1-6-39(40-20-21-44(57)55-45(40)30(2)3)43(56)29-51-22-9-7-8-13-32-14-10-16-34(24-32)54-49(59)33-15-11-19-37(25-33)63(60,61)38-23-31(4)46-41(27-38)47(42(28-52-46)48(50)58)53-35-17-12-18-36(26-35)62-5/h6,10-12,14-21,23-28,43,51,56H,1,7,9,22,29H2,2-5H3,(H2,50,58)(H,52,53)(H,54,59)(H,55,57)/b40-39+. The smallest absolute Gasteiger partial charge is 0.255 e. The first-order valence-electron chi connectivity index (χ1n) is 20.0. The van der Waals surface area contributed by atoms with Crippen molar-refractivity contribution in [3.05, 3.63) is 159 Å². The average Bonchev–Trinajstić information content (AvgIpc) is 3.27. The Balaban J connectivity index is 1.12. The number of benzene rings is 4. The Morgan fingerprint density at radius 3 is 2.49 bits per heavy atom. The maximum absolute atomic E-state index is 14.2. The van der Waals surface area contributed by atoms with Crippen molar-refractivity contribution in [2.24, 2.45) is 5.73 Å². The lowest BCUT2D eigenvalue weighted by molar-refractivity contribution is 0.0998. The monoisotopic (exact) mass is 864 g/mol. The molecule has 0 radical (unpaired) electrons. The normalized spacial score (nSPS) is 12.1. The van der Waals surface area contributed by atoms with Gasteiger partial charge in [0.15, 0.2) is 0 Å². The number of aromatic nitrogens is 2. The van der Waals surface area contributed by atoms with Gasteiger partial charge in [0.2, 0.25) is 15.4 Å². The Labute approximate surface area is 365 Å². The van der Waals surface area contributed by atoms with Crippen LogP contribution in [0.15, 0.2) is 130 Å². The van der Waals surface area contributed by atoms with Gasteiger partial charge >= 0.3 is 0 Å². The number of aliphatic hydroxyl groups excluding tert-OH is 1. The summed E-state index contributed by atoms with van der Waals surface area (Å²) in [7, 11) is -2.66. The van der Waals surface area contributed by atoms with Crippen LogP contribution in [0, 0.1) is 18.8 Å². The van der Waals surface area contributed by atoms with Crippen molar-refractivity contribution in [2.45, 2.75) is 49.5 Å². The molecule has 14 heteroatoms. The van der Waals surface area contributed by atoms with E-state index < -0.39 is 27.8 Å². The van der Waals surface area contributed by atoms with Gasteiger partial charge in [-0.2, -0.15) is 0 Å². The molecule has 0 saturated carbocycles. The number of anilines is 3. The van der Waals surface area contributed by atoms with Crippen molar-refractivity contribution in [1.29, 1.82) is 0 Å². The molecule has 6 aromatic rings. The molecule has 1 atom stereocenters. The lowest BCUT2D eigenvalue weighted by Gasteiger charge is -2.16. The number of carbonyl (C=O) groups is 2. The van der Waals surface area contributed by atoms with Crippen molar-refractivity contribution in [1.82, 2.24) is 15.3 Å². The first-order valence-corrected chi connectivity index (χ1v) is 21.5. The summed E-state index contributed by atoms with van der Waals surface area (Å²) in [6.45, 7) is 10.3. The molecule has 0 bridgehead atoms. The number of rotatable bonds is 15. The van der Waals surface area contributed by atoms with E-state index in [-0.39, 0.29) is 38.7 Å². The van der Waals surface area contributed by atoms with Gasteiger partial charge in [0.05, 0.1) is 39.8 Å². The summed E-state index contributed by atoms with van der Waals surface area (Å²) < 4.78 is 33.7. The van der Waals surface area contributed by atoms with Gasteiger partial charge in [0.25, 0.3) is 11.8 Å². The molecule has 2 amide bonds. The number of hydrogen-bond acceptors (Lipinski definition) is 10. The second-order valence-electron chi connectivity index (χ2n) is 14.9. The van der Waals surface area contributed by atoms with Gasteiger partial charge in [0.1, 0.15) is 5.75 Å². The number of hydrogen-bond donors (Lipinski definition) is 6. The van der Waals surface area contributed by atoms with Crippen LogP contribution in [-0.4, -0.2) is 61.6 Å². The molecule has 6 rings (SSSR count). The molecule has 0 aliphatic heterocycles. The third-order valence-corrected chi connectivity index (χ3v) is 11.8. The van der Waals surface area contributed by atoms with Crippen LogP contribution in [-0.2, 0) is 9.84 Å². The molecule has 0 spiro atoms. The van der Waals surface area contributed by atoms with Crippen LogP contribution in [0.3, 0.4) is 0 Å². The third kappa shape index (κ3) is 10.8. The zero-order chi connectivity index (χ0) is 45.3. The van der Waals surface area contributed by atoms with Crippen molar-refractivity contribution >= 4 is 60.8 Å². The van der Waals surface area contributed by atoms with Gasteiger partial charge in [-0.1, -0.05) is 48.3 Å². The highest BCUT2D eigenvalue weighted by Gasteiger charge is 2.24. The summed E-state index contributed by atoms with van der Waals surface area (Å²) >= 11 is 0. The van der Waals surface area contributed by atoms with Gasteiger partial charge in [-0.15, -0.1) is 0 Å². The van der Waals surface area contributed by atoms with Crippen LogP contribution in [0.1, 0.15) is 58.5 Å². The maximum atomic E-state index is 14.2. The second-order valence-corrected chi connectivity index (χ2v) is 16.8. The highest BCUT2D eigenvalue weighted by Crippen LogP contribution is 2.35. The van der Waals surface area contributed by atoms with Gasteiger partial charge in [-0.25, -0.2) is 8.42 Å². The van der Waals surface area contributed by atoms with E-state index in [1.807, 2.05) is 19.9 Å². The quantitative estimate of drug-likeness (QED) is 0.0567. The number of methoxy groups -OCH3 is 1. The predicted molar refractivity (Wildman–Crippen MR) is 247 cm³/mol. The average molecular weight is 865 g/mol. The number of unbranched alkanes of at least 4 members (excludes halogenated alkanes) is 1. The molecule has 0 aliphatic rings. The van der Waals surface area contributed by atoms with Gasteiger partial charge < -0.3 is 36.5 Å². The second kappa shape index (κ2) is 20.0. The molecule has 7 N–H and O–H groups in total. The summed E-state index contributed by atoms with van der Waals surface area (Å²) in [6.07, 6.45) is 3.42. The summed E-state index contributed by atoms with van der Waals surface area (Å²) in [5.41, 5.74) is 10.3. The highest BCUT2D eigenvalue weighted by molar-refractivity contribution is 7.91. The fraction of sp³-hybridized carbons (Fsp3) is 0.184. The molecular weight excluding hydrogens is 817 g/mol. The largest absolute Gasteiger partial charge is 0.497 e. The SMILES string of the molecule is C=C/C(=c1/ccc(=O)[nH]c1=C(C)C)C(O)CNCCCC#Cc1cccc(NC(=O)c2cccc(S(=O)(=O)c3cc(C)c4ncc(C(N)=O)c(Nc5cccc(OC)c5)c4c3)c2)c1. The molecule has 13 nitrogen and oxygen atoms in total. The topological polar surface area (TPSA) is 206 Å². The zero-order valence-electron chi connectivity index (χ0n) is 35.3. The van der Waals surface area contributed by atoms with E-state index in [0.717, 1.165) is 17.2 Å². The van der Waals surface area contributed by atoms with E-state index >= 15 is 0 Å². The first kappa shape index (κ1) is 45.2. The molecule has 322 valence electrons. The summed E-state index contributed by atoms with van der Waals surface area (Å²) in [5, 5.41) is 21.9. The number of amides is 2. The number of aryl methyl sites for hydroxylation is 1. The Kier molecular flexibility index (Phi) is 14.4. The fourth-order valence-corrected chi connectivity index (χ4v) is 8.35. The molecule has 2 heterocycles. The Hall–Kier alpha value is -7.31. The molecule has 1 unspecified atom stereocenters. The number of nitrogens with zero attached hydrogens (tertiary/aromatic N) is 1. The number of nitrogens with two attached hydrogens (primary N) is 1. The van der Waals surface area contributed by atoms with Gasteiger partial charge in [0, 0.05) is 69.8 Å². The van der Waals surface area contributed by atoms with Crippen LogP contribution in [0.25, 0.3) is 22.0 Å². The van der Waals surface area contributed by atoms with E-state index in [0.29, 0.717) is 63.0 Å². The number of sulfone groups is 1. The number of fused-ring (bicyclic) bond motifs is 1. The number of primary amides is 1. The number of ether oxygens (including phenoxy) is 1. The zero-order valence-corrected chi connectivity index (χ0v) is 36.2. The van der Waals surface area contributed by atoms with E-state index in [1.165, 1.54) is 55.8 Å². The van der Waals surface area contributed by atoms with Gasteiger partial charge in [-0.3, -0.25) is 19.4 Å². The van der Waals surface area contributed by atoms with Crippen molar-refractivity contribution in [3.8, 4) is 17.6 Å². The minimum atomic E-state index is -4.19. The molecule has 2 aromatic heterocycles. The summed E-state index contributed by atoms with van der Waals surface area (Å²) in [4.78, 5) is 45.0. The summed E-state index contributed by atoms with van der Waals surface area (Å²) in [6, 6.07) is 25.9. The minimum absolute atomic E-state index is 0.0655. The molecule has 63 heavy (non-hydrogen) atoms. The number of H-pyrrole nitrogens is 1. The van der Waals surface area contributed by atoms with Crippen LogP contribution in [0.2, 0.25) is 0 Å². The number of pyridine rings is 2. The van der Waals surface area contributed by atoms with E-state index in [9.17, 15) is 27.9 Å². The molecule has 0 fully saturated rings. The van der Waals surface area contributed by atoms with Crippen LogP contribution < -0.4 is 42.5 Å². The maximum Gasteiger partial charge on any atom is 0.255 e. The predicted octanol–water partition coefficient (Wildman–Crippen LogP) is 5.48. The van der Waals surface area contributed by atoms with Crippen molar-refractivity contribution in [2.75, 3.05) is 30.8 Å². The number of aliphatic hydroxyl groups is 1. The third-order valence-electron chi connectivity index (χ3n) is 10.1. The van der Waals surface area contributed by atoms with E-state index in [4.69, 9.17) is 10.5 Å². The molecule has 0 aliphatic carbocycles. The molecule has 0 saturated heterocycles. The van der Waals surface area contributed by atoms with Crippen LogP contribution >= 0.6 is 0 Å². The van der Waals surface area contributed by atoms with Crippen molar-refractivity contribution < 1.29 is 27.9 Å². The van der Waals surface area contributed by atoms with Gasteiger partial charge in [-0.05, 0) is 112 Å². The van der Waals surface area contributed by atoms with Crippen LogP contribution in [0.4, 0.5) is 17.1 Å². The molecule has 4 aromatic carbocycles. The minimum Gasteiger partial charge on any atom is -0.497 e. The van der Waals surface area contributed by atoms with Crippen molar-refractivity contribution in [3.63, 3.8) is 0 Å². The fourth-order valence-electron chi connectivity index (χ4n) is 6.94. The lowest BCUT2D eigenvalue weighted by Crippen LogP contribution is -2.40. The number of nitrogens with one attached hydrogen (secondary N) is 4. The number of aromatic amines is 1. The highest BCUT2D eigenvalue weighted by atomic mass is 32.2. The van der Waals surface area contributed by atoms with Crippen LogP contribution in [0.5, 0.6) is 5.75 Å². The Bertz CT molecular complexity index is 3110.